The van der Waals surface area contributed by atoms with Crippen molar-refractivity contribution < 1.29 is 0 Å². The molecule has 0 radical (unpaired) electrons. The van der Waals surface area contributed by atoms with Crippen LogP contribution in [0.15, 0.2) is 36.4 Å². The molecule has 1 aliphatic heterocycles. The van der Waals surface area contributed by atoms with Crippen molar-refractivity contribution in [3.63, 3.8) is 0 Å². The maximum absolute atomic E-state index is 6.46. The molecule has 4 rings (SSSR count). The fraction of sp³-hybridized carbons (Fsp3) is 0.211. The molecule has 26 heavy (non-hydrogen) atoms. The lowest BCUT2D eigenvalue weighted by Crippen LogP contribution is -2.07. The van der Waals surface area contributed by atoms with E-state index in [9.17, 15) is 0 Å². The first-order chi connectivity index (χ1) is 12.5. The molecule has 0 fully saturated rings. The number of rotatable bonds is 2. The first-order valence-electron chi connectivity index (χ1n) is 8.31. The lowest BCUT2D eigenvalue weighted by Gasteiger charge is -2.10. The summed E-state index contributed by atoms with van der Waals surface area (Å²) in [5, 5.41) is 10.7. The monoisotopic (exact) mass is 425 g/mol. The molecule has 0 unspecified atom stereocenters. The maximum atomic E-state index is 6.46. The Morgan fingerprint density at radius 3 is 2.35 bits per heavy atom. The Labute approximate surface area is 171 Å². The highest BCUT2D eigenvalue weighted by Crippen LogP contribution is 2.39. The largest absolute Gasteiger partial charge is 0.370 e. The lowest BCUT2D eigenvalue weighted by molar-refractivity contribution is 0.780. The number of benzene rings is 2. The Bertz CT molecular complexity index is 905. The van der Waals surface area contributed by atoms with Gasteiger partial charge in [-0.3, -0.25) is 0 Å². The molecule has 0 bridgehead atoms. The Morgan fingerprint density at radius 1 is 0.885 bits per heavy atom. The third-order valence-corrected chi connectivity index (χ3v) is 5.54. The molecule has 0 spiro atoms. The highest BCUT2D eigenvalue weighted by atomic mass is 35.5. The molecule has 1 aromatic heterocycles. The summed E-state index contributed by atoms with van der Waals surface area (Å²) in [6, 6.07) is 10.9. The second-order valence-corrected chi connectivity index (χ2v) is 7.88. The number of halogens is 4. The average molecular weight is 427 g/mol. The molecule has 3 aromatic rings. The number of nitrogens with zero attached hydrogens (tertiary/aromatic N) is 2. The number of aromatic nitrogens is 2. The zero-order valence-electron chi connectivity index (χ0n) is 13.7. The predicted molar refractivity (Wildman–Crippen MR) is 110 cm³/mol. The summed E-state index contributed by atoms with van der Waals surface area (Å²) in [6.45, 7) is 0.887. The molecule has 0 atom stereocenters. The van der Waals surface area contributed by atoms with E-state index in [-0.39, 0.29) is 0 Å². The van der Waals surface area contributed by atoms with Crippen LogP contribution in [0.5, 0.6) is 0 Å². The van der Waals surface area contributed by atoms with Gasteiger partial charge in [0.2, 0.25) is 0 Å². The molecule has 0 aliphatic carbocycles. The normalized spacial score (nSPS) is 13.8. The van der Waals surface area contributed by atoms with E-state index in [0.717, 1.165) is 54.1 Å². The molecule has 0 saturated carbocycles. The summed E-state index contributed by atoms with van der Waals surface area (Å²) >= 11 is 25.0. The van der Waals surface area contributed by atoms with Crippen molar-refractivity contribution in [3.8, 4) is 16.9 Å². The van der Waals surface area contributed by atoms with E-state index < -0.39 is 0 Å². The quantitative estimate of drug-likeness (QED) is 0.482. The molecule has 7 heteroatoms. The zero-order valence-corrected chi connectivity index (χ0v) is 16.7. The minimum Gasteiger partial charge on any atom is -0.370 e. The Kier molecular flexibility index (Phi) is 5.07. The van der Waals surface area contributed by atoms with Crippen LogP contribution in [0.25, 0.3) is 16.9 Å². The van der Waals surface area contributed by atoms with Gasteiger partial charge in [0.1, 0.15) is 5.82 Å². The van der Waals surface area contributed by atoms with Crippen LogP contribution in [0.4, 0.5) is 5.82 Å². The molecular formula is C19H15Cl4N3. The van der Waals surface area contributed by atoms with Crippen LogP contribution in [-0.2, 0) is 6.42 Å². The van der Waals surface area contributed by atoms with Gasteiger partial charge in [-0.2, -0.15) is 5.10 Å². The Hall–Kier alpha value is -1.39. The van der Waals surface area contributed by atoms with E-state index in [0.29, 0.717) is 20.1 Å². The third-order valence-electron chi connectivity index (χ3n) is 4.45. The van der Waals surface area contributed by atoms with Gasteiger partial charge < -0.3 is 5.32 Å². The minimum absolute atomic E-state index is 0.544. The van der Waals surface area contributed by atoms with E-state index in [4.69, 9.17) is 51.5 Å². The topological polar surface area (TPSA) is 29.9 Å². The highest BCUT2D eigenvalue weighted by Gasteiger charge is 2.24. The van der Waals surface area contributed by atoms with E-state index in [1.807, 2.05) is 28.9 Å². The van der Waals surface area contributed by atoms with Crippen molar-refractivity contribution in [1.29, 1.82) is 0 Å². The summed E-state index contributed by atoms with van der Waals surface area (Å²) in [4.78, 5) is 0. The van der Waals surface area contributed by atoms with Crippen molar-refractivity contribution >= 4 is 52.2 Å². The van der Waals surface area contributed by atoms with Crippen LogP contribution < -0.4 is 5.32 Å². The van der Waals surface area contributed by atoms with Gasteiger partial charge in [0.05, 0.1) is 21.4 Å². The highest BCUT2D eigenvalue weighted by molar-refractivity contribution is 6.36. The molecule has 134 valence electrons. The molecule has 3 nitrogen and oxygen atoms in total. The molecule has 2 heterocycles. The second kappa shape index (κ2) is 7.32. The maximum Gasteiger partial charge on any atom is 0.133 e. The van der Waals surface area contributed by atoms with Gasteiger partial charge in [0.15, 0.2) is 0 Å². The fourth-order valence-electron chi connectivity index (χ4n) is 3.23. The smallest absolute Gasteiger partial charge is 0.133 e. The first-order valence-corrected chi connectivity index (χ1v) is 9.82. The fourth-order valence-corrected chi connectivity index (χ4v) is 4.21. The summed E-state index contributed by atoms with van der Waals surface area (Å²) in [5.41, 5.74) is 3.62. The summed E-state index contributed by atoms with van der Waals surface area (Å²) in [5.74, 6) is 0.952. The SMILES string of the molecule is Clc1ccc(-c2nn(-c3ccc(Cl)cc3Cl)c3c2CCCCN3)c(Cl)c1. The van der Waals surface area contributed by atoms with Crippen molar-refractivity contribution in [3.05, 3.63) is 62.1 Å². The Morgan fingerprint density at radius 2 is 1.62 bits per heavy atom. The summed E-state index contributed by atoms with van der Waals surface area (Å²) < 4.78 is 1.85. The van der Waals surface area contributed by atoms with Crippen molar-refractivity contribution in [1.82, 2.24) is 9.78 Å². The number of nitrogens with one attached hydrogen (secondary N) is 1. The number of hydrogen-bond acceptors (Lipinski definition) is 2. The number of fused-ring (bicyclic) bond motifs is 1. The van der Waals surface area contributed by atoms with Gasteiger partial charge in [-0.05, 0) is 55.7 Å². The Balaban J connectivity index is 1.95. The van der Waals surface area contributed by atoms with Gasteiger partial charge in [0.25, 0.3) is 0 Å². The number of hydrogen-bond donors (Lipinski definition) is 1. The van der Waals surface area contributed by atoms with Crippen molar-refractivity contribution in [2.24, 2.45) is 0 Å². The number of anilines is 1. The molecule has 0 saturated heterocycles. The standard InChI is InChI=1S/C19H15Cl4N3/c20-11-4-6-13(15(22)9-11)18-14-3-1-2-8-24-19(14)26(25-18)17-7-5-12(21)10-16(17)23/h4-7,9-10,24H,1-3,8H2. The van der Waals surface area contributed by atoms with Crippen LogP contribution in [0, 0.1) is 0 Å². The van der Waals surface area contributed by atoms with Gasteiger partial charge in [-0.15, -0.1) is 0 Å². The predicted octanol–water partition coefficient (Wildman–Crippen LogP) is 6.90. The van der Waals surface area contributed by atoms with Gasteiger partial charge in [-0.25, -0.2) is 4.68 Å². The van der Waals surface area contributed by atoms with Gasteiger partial charge >= 0.3 is 0 Å². The molecule has 0 amide bonds. The molecule has 1 aliphatic rings. The van der Waals surface area contributed by atoms with Crippen molar-refractivity contribution in [2.75, 3.05) is 11.9 Å². The molecular weight excluding hydrogens is 412 g/mol. The van der Waals surface area contributed by atoms with Crippen LogP contribution in [0.2, 0.25) is 20.1 Å². The first kappa shape index (κ1) is 18.0. The van der Waals surface area contributed by atoms with E-state index in [1.165, 1.54) is 0 Å². The van der Waals surface area contributed by atoms with E-state index in [1.54, 1.807) is 12.1 Å². The third kappa shape index (κ3) is 3.29. The van der Waals surface area contributed by atoms with Crippen LogP contribution >= 0.6 is 46.4 Å². The van der Waals surface area contributed by atoms with Gasteiger partial charge in [0, 0.05) is 27.7 Å². The molecule has 1 N–H and O–H groups in total. The molecule has 2 aromatic carbocycles. The van der Waals surface area contributed by atoms with E-state index >= 15 is 0 Å². The summed E-state index contributed by atoms with van der Waals surface area (Å²) in [7, 11) is 0. The zero-order chi connectivity index (χ0) is 18.3. The van der Waals surface area contributed by atoms with Gasteiger partial charge in [-0.1, -0.05) is 46.4 Å². The second-order valence-electron chi connectivity index (χ2n) is 6.19. The van der Waals surface area contributed by atoms with Crippen LogP contribution in [-0.4, -0.2) is 16.3 Å². The van der Waals surface area contributed by atoms with Crippen LogP contribution in [0.3, 0.4) is 0 Å². The van der Waals surface area contributed by atoms with Crippen molar-refractivity contribution in [2.45, 2.75) is 19.3 Å². The lowest BCUT2D eigenvalue weighted by atomic mass is 10.0. The summed E-state index contributed by atoms with van der Waals surface area (Å²) in [6.07, 6.45) is 3.09. The van der Waals surface area contributed by atoms with E-state index in [2.05, 4.69) is 5.32 Å². The average Bonchev–Trinajstić information content (AvgIpc) is 2.77. The van der Waals surface area contributed by atoms with Crippen LogP contribution in [0.1, 0.15) is 18.4 Å². The minimum atomic E-state index is 0.544.